The van der Waals surface area contributed by atoms with Crippen LogP contribution in [0.15, 0.2) is 54.6 Å². The monoisotopic (exact) mass is 378 g/mol. The highest BCUT2D eigenvalue weighted by atomic mass is 19.1. The lowest BCUT2D eigenvalue weighted by atomic mass is 10.1. The fraction of sp³-hybridized carbons (Fsp3) is 0.273. The Morgan fingerprint density at radius 1 is 1.07 bits per heavy atom. The zero-order chi connectivity index (χ0) is 19.5. The fourth-order valence-corrected chi connectivity index (χ4v) is 3.52. The van der Waals surface area contributed by atoms with E-state index in [0.29, 0.717) is 37.6 Å². The van der Waals surface area contributed by atoms with Gasteiger partial charge in [-0.2, -0.15) is 5.10 Å². The van der Waals surface area contributed by atoms with Crippen molar-refractivity contribution in [1.29, 1.82) is 0 Å². The second-order valence-electron chi connectivity index (χ2n) is 6.95. The van der Waals surface area contributed by atoms with Crippen molar-refractivity contribution >= 4 is 11.6 Å². The Balaban J connectivity index is 1.42. The number of amides is 1. The third-order valence-electron chi connectivity index (χ3n) is 5.23. The molecule has 2 aromatic carbocycles. The summed E-state index contributed by atoms with van der Waals surface area (Å²) in [6.07, 6.45) is 0.990. The topological polar surface area (TPSA) is 52.2 Å². The highest BCUT2D eigenvalue weighted by molar-refractivity contribution is 5.93. The van der Waals surface area contributed by atoms with Crippen molar-refractivity contribution in [2.75, 3.05) is 31.1 Å². The Hall–Kier alpha value is -3.15. The van der Waals surface area contributed by atoms with Gasteiger partial charge in [-0.3, -0.25) is 9.89 Å². The minimum atomic E-state index is -0.227. The highest BCUT2D eigenvalue weighted by Gasteiger charge is 2.24. The molecule has 0 atom stereocenters. The quantitative estimate of drug-likeness (QED) is 0.752. The van der Waals surface area contributed by atoms with Crippen LogP contribution in [0.25, 0.3) is 11.3 Å². The molecule has 1 amide bonds. The molecule has 0 spiro atoms. The number of benzene rings is 2. The molecule has 1 aliphatic rings. The maximum atomic E-state index is 14.0. The maximum absolute atomic E-state index is 14.0. The number of rotatable bonds is 4. The maximum Gasteiger partial charge on any atom is 0.272 e. The largest absolute Gasteiger partial charge is 0.366 e. The van der Waals surface area contributed by atoms with E-state index in [9.17, 15) is 9.18 Å². The van der Waals surface area contributed by atoms with E-state index in [4.69, 9.17) is 0 Å². The third-order valence-corrected chi connectivity index (χ3v) is 5.23. The number of nitrogens with one attached hydrogen (secondary N) is 1. The normalized spacial score (nSPS) is 14.4. The number of aromatic nitrogens is 2. The van der Waals surface area contributed by atoms with Crippen molar-refractivity contribution in [3.8, 4) is 11.3 Å². The number of piperazine rings is 1. The standard InChI is InChI=1S/C22H23FN4O/c1-2-16-7-9-17(10-8-16)19-15-20(25-24-19)22(28)27-13-11-26(12-14-27)21-6-4-3-5-18(21)23/h3-10,15H,2,11-14H2,1H3,(H,24,25). The molecule has 0 saturated carbocycles. The number of hydrogen-bond donors (Lipinski definition) is 1. The van der Waals surface area contributed by atoms with E-state index in [-0.39, 0.29) is 11.7 Å². The van der Waals surface area contributed by atoms with Gasteiger partial charge in [-0.05, 0) is 30.2 Å². The highest BCUT2D eigenvalue weighted by Crippen LogP contribution is 2.22. The minimum absolute atomic E-state index is 0.0721. The van der Waals surface area contributed by atoms with Gasteiger partial charge >= 0.3 is 0 Å². The third kappa shape index (κ3) is 3.63. The van der Waals surface area contributed by atoms with Gasteiger partial charge in [0.25, 0.3) is 5.91 Å². The van der Waals surface area contributed by atoms with Gasteiger partial charge in [0.1, 0.15) is 11.5 Å². The molecule has 144 valence electrons. The molecule has 0 radical (unpaired) electrons. The molecule has 1 saturated heterocycles. The first-order valence-corrected chi connectivity index (χ1v) is 9.59. The molecular formula is C22H23FN4O. The lowest BCUT2D eigenvalue weighted by Gasteiger charge is -2.36. The predicted octanol–water partition coefficient (Wildman–Crippen LogP) is 3.74. The van der Waals surface area contributed by atoms with Gasteiger partial charge in [0, 0.05) is 31.7 Å². The van der Waals surface area contributed by atoms with Gasteiger partial charge in [-0.25, -0.2) is 4.39 Å². The summed E-state index contributed by atoms with van der Waals surface area (Å²) in [5.41, 5.74) is 4.08. The van der Waals surface area contributed by atoms with E-state index in [1.54, 1.807) is 23.1 Å². The molecule has 0 aliphatic carbocycles. The summed E-state index contributed by atoms with van der Waals surface area (Å²) in [5, 5.41) is 7.17. The second kappa shape index (κ2) is 7.84. The number of para-hydroxylation sites is 1. The van der Waals surface area contributed by atoms with Crippen LogP contribution >= 0.6 is 0 Å². The van der Waals surface area contributed by atoms with Crippen LogP contribution in [-0.2, 0) is 6.42 Å². The van der Waals surface area contributed by atoms with E-state index >= 15 is 0 Å². The van der Waals surface area contributed by atoms with Crippen LogP contribution in [0, 0.1) is 5.82 Å². The van der Waals surface area contributed by atoms with Crippen molar-refractivity contribution in [2.45, 2.75) is 13.3 Å². The first-order valence-electron chi connectivity index (χ1n) is 9.59. The molecule has 5 nitrogen and oxygen atoms in total. The molecule has 1 fully saturated rings. The van der Waals surface area contributed by atoms with E-state index < -0.39 is 0 Å². The van der Waals surface area contributed by atoms with E-state index in [1.165, 1.54) is 11.6 Å². The van der Waals surface area contributed by atoms with Crippen LogP contribution in [0.4, 0.5) is 10.1 Å². The number of H-pyrrole nitrogens is 1. The van der Waals surface area contributed by atoms with E-state index in [0.717, 1.165) is 17.7 Å². The lowest BCUT2D eigenvalue weighted by Crippen LogP contribution is -2.49. The zero-order valence-corrected chi connectivity index (χ0v) is 15.9. The molecule has 1 N–H and O–H groups in total. The van der Waals surface area contributed by atoms with Crippen LogP contribution in [0.2, 0.25) is 0 Å². The number of aromatic amines is 1. The molecule has 4 rings (SSSR count). The summed E-state index contributed by atoms with van der Waals surface area (Å²) in [6.45, 7) is 4.42. The van der Waals surface area contributed by atoms with Gasteiger partial charge in [0.2, 0.25) is 0 Å². The van der Waals surface area contributed by atoms with Crippen molar-refractivity contribution in [3.05, 3.63) is 71.7 Å². The Labute approximate surface area is 163 Å². The van der Waals surface area contributed by atoms with Gasteiger partial charge in [-0.1, -0.05) is 43.3 Å². The van der Waals surface area contributed by atoms with Crippen molar-refractivity contribution in [2.24, 2.45) is 0 Å². The zero-order valence-electron chi connectivity index (χ0n) is 15.9. The van der Waals surface area contributed by atoms with Gasteiger partial charge in [0.15, 0.2) is 0 Å². The molecule has 6 heteroatoms. The SMILES string of the molecule is CCc1ccc(-c2cc(C(=O)N3CCN(c4ccccc4F)CC3)[nH]n2)cc1. The summed E-state index contributed by atoms with van der Waals surface area (Å²) in [5.74, 6) is -0.299. The number of aryl methyl sites for hydroxylation is 1. The fourth-order valence-electron chi connectivity index (χ4n) is 3.52. The van der Waals surface area contributed by atoms with Crippen LogP contribution < -0.4 is 4.90 Å². The molecule has 2 heterocycles. The van der Waals surface area contributed by atoms with Gasteiger partial charge < -0.3 is 9.80 Å². The Morgan fingerprint density at radius 2 is 1.79 bits per heavy atom. The summed E-state index contributed by atoms with van der Waals surface area (Å²) in [4.78, 5) is 16.6. The predicted molar refractivity (Wildman–Crippen MR) is 108 cm³/mol. The average Bonchev–Trinajstić information content (AvgIpc) is 3.24. The average molecular weight is 378 g/mol. The van der Waals surface area contributed by atoms with Crippen molar-refractivity contribution < 1.29 is 9.18 Å². The number of anilines is 1. The minimum Gasteiger partial charge on any atom is -0.366 e. The van der Waals surface area contributed by atoms with Gasteiger partial charge in [-0.15, -0.1) is 0 Å². The van der Waals surface area contributed by atoms with Crippen LogP contribution in [-0.4, -0.2) is 47.2 Å². The molecule has 0 bridgehead atoms. The Kier molecular flexibility index (Phi) is 5.10. The number of halogens is 1. The number of carbonyl (C=O) groups is 1. The number of nitrogens with zero attached hydrogens (tertiary/aromatic N) is 3. The first kappa shape index (κ1) is 18.2. The number of carbonyl (C=O) groups excluding carboxylic acids is 1. The summed E-state index contributed by atoms with van der Waals surface area (Å²) >= 11 is 0. The molecule has 0 unspecified atom stereocenters. The van der Waals surface area contributed by atoms with Crippen LogP contribution in [0.5, 0.6) is 0 Å². The van der Waals surface area contributed by atoms with Crippen molar-refractivity contribution in [1.82, 2.24) is 15.1 Å². The first-order chi connectivity index (χ1) is 13.7. The Bertz CT molecular complexity index is 959. The molecular weight excluding hydrogens is 355 g/mol. The van der Waals surface area contributed by atoms with E-state index in [1.807, 2.05) is 23.1 Å². The lowest BCUT2D eigenvalue weighted by molar-refractivity contribution is 0.0740. The van der Waals surface area contributed by atoms with Crippen LogP contribution in [0.1, 0.15) is 23.0 Å². The second-order valence-corrected chi connectivity index (χ2v) is 6.95. The summed E-state index contributed by atoms with van der Waals surface area (Å²) in [6, 6.07) is 16.8. The smallest absolute Gasteiger partial charge is 0.272 e. The van der Waals surface area contributed by atoms with E-state index in [2.05, 4.69) is 29.3 Å². The molecule has 28 heavy (non-hydrogen) atoms. The van der Waals surface area contributed by atoms with Gasteiger partial charge in [0.05, 0.1) is 11.4 Å². The van der Waals surface area contributed by atoms with Crippen molar-refractivity contribution in [3.63, 3.8) is 0 Å². The summed E-state index contributed by atoms with van der Waals surface area (Å²) in [7, 11) is 0. The molecule has 1 aliphatic heterocycles. The summed E-state index contributed by atoms with van der Waals surface area (Å²) < 4.78 is 14.0. The molecule has 3 aromatic rings. The van der Waals surface area contributed by atoms with Crippen LogP contribution in [0.3, 0.4) is 0 Å². The number of hydrogen-bond acceptors (Lipinski definition) is 3. The Morgan fingerprint density at radius 3 is 2.46 bits per heavy atom. The molecule has 1 aromatic heterocycles.